The van der Waals surface area contributed by atoms with Gasteiger partial charge in [0.1, 0.15) is 5.82 Å². The summed E-state index contributed by atoms with van der Waals surface area (Å²) in [4.78, 5) is 19.2. The van der Waals surface area contributed by atoms with Crippen LogP contribution < -0.4 is 5.32 Å². The Kier molecular flexibility index (Phi) is 6.03. The molecule has 0 spiro atoms. The maximum Gasteiger partial charge on any atom is 0.272 e. The van der Waals surface area contributed by atoms with Gasteiger partial charge >= 0.3 is 0 Å². The topological polar surface area (TPSA) is 93.0 Å². The number of hydrogen-bond acceptors (Lipinski definition) is 6. The second-order valence-electron chi connectivity index (χ2n) is 7.40. The van der Waals surface area contributed by atoms with Crippen LogP contribution in [0.3, 0.4) is 0 Å². The van der Waals surface area contributed by atoms with Gasteiger partial charge in [0.25, 0.3) is 5.91 Å². The highest BCUT2D eigenvalue weighted by Gasteiger charge is 2.26. The molecular weight excluding hydrogens is 423 g/mol. The smallest absolute Gasteiger partial charge is 0.272 e. The van der Waals surface area contributed by atoms with Gasteiger partial charge in [0, 0.05) is 32.1 Å². The van der Waals surface area contributed by atoms with Crippen LogP contribution in [-0.4, -0.2) is 67.7 Å². The number of carbonyl (C=O) groups excluding carboxylic acids is 1. The Morgan fingerprint density at radius 2 is 2.00 bits per heavy atom. The van der Waals surface area contributed by atoms with E-state index in [0.717, 1.165) is 11.8 Å². The van der Waals surface area contributed by atoms with Gasteiger partial charge in [-0.05, 0) is 29.8 Å². The molecule has 1 atom stereocenters. The Balaban J connectivity index is 1.61. The lowest BCUT2D eigenvalue weighted by atomic mass is 10.0. The number of carbonyl (C=O) groups is 1. The van der Waals surface area contributed by atoms with Gasteiger partial charge in [-0.2, -0.15) is 0 Å². The van der Waals surface area contributed by atoms with Crippen molar-refractivity contribution in [1.29, 1.82) is 0 Å². The highest BCUT2D eigenvalue weighted by molar-refractivity contribution is 7.90. The van der Waals surface area contributed by atoms with Gasteiger partial charge in [-0.25, -0.2) is 17.8 Å². The van der Waals surface area contributed by atoms with Crippen molar-refractivity contribution < 1.29 is 22.3 Å². The van der Waals surface area contributed by atoms with E-state index >= 15 is 0 Å². The van der Waals surface area contributed by atoms with Crippen LogP contribution in [0.25, 0.3) is 5.52 Å². The van der Waals surface area contributed by atoms with Crippen molar-refractivity contribution in [3.8, 4) is 0 Å². The third-order valence-electron chi connectivity index (χ3n) is 5.24. The molecule has 3 aromatic rings. The van der Waals surface area contributed by atoms with E-state index in [1.54, 1.807) is 30.5 Å². The highest BCUT2D eigenvalue weighted by Crippen LogP contribution is 2.23. The lowest BCUT2D eigenvalue weighted by molar-refractivity contribution is 0.0161. The number of aromatic nitrogens is 2. The van der Waals surface area contributed by atoms with Crippen LogP contribution in [0.4, 0.5) is 4.39 Å². The van der Waals surface area contributed by atoms with E-state index in [2.05, 4.69) is 15.2 Å². The highest BCUT2D eigenvalue weighted by atomic mass is 32.2. The normalized spacial score (nSPS) is 16.3. The summed E-state index contributed by atoms with van der Waals surface area (Å²) >= 11 is 0. The van der Waals surface area contributed by atoms with E-state index in [1.165, 1.54) is 16.5 Å². The van der Waals surface area contributed by atoms with Crippen molar-refractivity contribution in [2.24, 2.45) is 0 Å². The van der Waals surface area contributed by atoms with Crippen LogP contribution in [0.2, 0.25) is 0 Å². The van der Waals surface area contributed by atoms with Gasteiger partial charge in [-0.1, -0.05) is 18.2 Å². The van der Waals surface area contributed by atoms with Crippen LogP contribution in [0, 0.1) is 5.82 Å². The average molecular weight is 447 g/mol. The Morgan fingerprint density at radius 1 is 1.23 bits per heavy atom. The second kappa shape index (κ2) is 8.74. The SMILES string of the molecule is CS(=O)(=O)c1nc(C(=O)NCC(c2cccc(F)c2)N2CCOCC2)c2ccccn12. The predicted molar refractivity (Wildman–Crippen MR) is 112 cm³/mol. The number of rotatable bonds is 6. The zero-order chi connectivity index (χ0) is 22.0. The van der Waals surface area contributed by atoms with Crippen molar-refractivity contribution in [3.63, 3.8) is 0 Å². The fraction of sp³-hybridized carbons (Fsp3) is 0.333. The first-order valence-corrected chi connectivity index (χ1v) is 11.8. The molecule has 1 N–H and O–H groups in total. The molecule has 3 heterocycles. The molecule has 8 nitrogen and oxygen atoms in total. The lowest BCUT2D eigenvalue weighted by Gasteiger charge is -2.34. The number of nitrogens with one attached hydrogen (secondary N) is 1. The van der Waals surface area contributed by atoms with Crippen molar-refractivity contribution in [1.82, 2.24) is 19.6 Å². The number of halogens is 1. The second-order valence-corrected chi connectivity index (χ2v) is 9.31. The lowest BCUT2D eigenvalue weighted by Crippen LogP contribution is -2.44. The van der Waals surface area contributed by atoms with Crippen LogP contribution in [-0.2, 0) is 14.6 Å². The molecule has 10 heteroatoms. The van der Waals surface area contributed by atoms with Crippen molar-refractivity contribution in [3.05, 3.63) is 65.7 Å². The molecule has 1 aliphatic rings. The molecule has 1 unspecified atom stereocenters. The standard InChI is InChI=1S/C21H23FN4O4S/c1-31(28,29)21-24-19(17-7-2-3-8-26(17)21)20(27)23-14-18(25-9-11-30-12-10-25)15-5-4-6-16(22)13-15/h2-8,13,18H,9-12,14H2,1H3,(H,23,27). The number of morpholine rings is 1. The van der Waals surface area contributed by atoms with Crippen LogP contribution in [0.15, 0.2) is 53.8 Å². The number of pyridine rings is 1. The summed E-state index contributed by atoms with van der Waals surface area (Å²) in [6.07, 6.45) is 2.60. The minimum atomic E-state index is -3.63. The number of ether oxygens (including phenoxy) is 1. The summed E-state index contributed by atoms with van der Waals surface area (Å²) < 4.78 is 44.9. The molecule has 1 aliphatic heterocycles. The zero-order valence-corrected chi connectivity index (χ0v) is 17.8. The van der Waals surface area contributed by atoms with Gasteiger partial charge in [-0.15, -0.1) is 0 Å². The molecule has 1 fully saturated rings. The molecule has 1 amide bonds. The summed E-state index contributed by atoms with van der Waals surface area (Å²) in [6, 6.07) is 11.1. The van der Waals surface area contributed by atoms with E-state index in [1.807, 2.05) is 6.07 Å². The monoisotopic (exact) mass is 446 g/mol. The number of sulfone groups is 1. The Bertz CT molecular complexity index is 1210. The molecule has 0 aliphatic carbocycles. The maximum atomic E-state index is 13.8. The van der Waals surface area contributed by atoms with Gasteiger partial charge < -0.3 is 10.1 Å². The number of hydrogen-bond donors (Lipinski definition) is 1. The number of imidazole rings is 1. The first kappa shape index (κ1) is 21.4. The number of fused-ring (bicyclic) bond motifs is 1. The van der Waals surface area contributed by atoms with Crippen LogP contribution in [0.1, 0.15) is 22.1 Å². The molecule has 164 valence electrons. The van der Waals surface area contributed by atoms with Crippen molar-refractivity contribution in [2.75, 3.05) is 39.1 Å². The Hall–Kier alpha value is -2.82. The number of amides is 1. The molecule has 0 bridgehead atoms. The van der Waals surface area contributed by atoms with Crippen LogP contribution in [0.5, 0.6) is 0 Å². The summed E-state index contributed by atoms with van der Waals surface area (Å²) in [6.45, 7) is 2.64. The van der Waals surface area contributed by atoms with Gasteiger partial charge in [-0.3, -0.25) is 14.1 Å². The van der Waals surface area contributed by atoms with Gasteiger partial charge in [0.15, 0.2) is 5.69 Å². The maximum absolute atomic E-state index is 13.8. The van der Waals surface area contributed by atoms with Gasteiger partial charge in [0.05, 0.1) is 24.8 Å². The van der Waals surface area contributed by atoms with E-state index in [4.69, 9.17) is 4.74 Å². The van der Waals surface area contributed by atoms with E-state index in [-0.39, 0.29) is 29.3 Å². The fourth-order valence-electron chi connectivity index (χ4n) is 3.77. The first-order chi connectivity index (χ1) is 14.8. The molecule has 1 saturated heterocycles. The van der Waals surface area contributed by atoms with E-state index in [0.29, 0.717) is 31.8 Å². The largest absolute Gasteiger partial charge is 0.379 e. The average Bonchev–Trinajstić information content (AvgIpc) is 3.15. The minimum Gasteiger partial charge on any atom is -0.379 e. The quantitative estimate of drug-likeness (QED) is 0.619. The summed E-state index contributed by atoms with van der Waals surface area (Å²) in [7, 11) is -3.63. The van der Waals surface area contributed by atoms with E-state index < -0.39 is 15.7 Å². The number of benzene rings is 1. The minimum absolute atomic E-state index is 0.0287. The zero-order valence-electron chi connectivity index (χ0n) is 17.0. The molecule has 0 radical (unpaired) electrons. The molecule has 2 aromatic heterocycles. The predicted octanol–water partition coefficient (Wildman–Crippen LogP) is 1.68. The van der Waals surface area contributed by atoms with Crippen molar-refractivity contribution >= 4 is 21.3 Å². The number of nitrogens with zero attached hydrogens (tertiary/aromatic N) is 3. The molecule has 31 heavy (non-hydrogen) atoms. The molecule has 0 saturated carbocycles. The third-order valence-corrected chi connectivity index (χ3v) is 6.19. The van der Waals surface area contributed by atoms with Crippen LogP contribution >= 0.6 is 0 Å². The Labute approximate surface area is 179 Å². The van der Waals surface area contributed by atoms with Crippen molar-refractivity contribution in [2.45, 2.75) is 11.2 Å². The first-order valence-electron chi connectivity index (χ1n) is 9.87. The fourth-order valence-corrected chi connectivity index (χ4v) is 4.55. The van der Waals surface area contributed by atoms with Gasteiger partial charge in [0.2, 0.25) is 15.0 Å². The molecule has 1 aromatic carbocycles. The third kappa shape index (κ3) is 4.60. The Morgan fingerprint density at radius 3 is 2.71 bits per heavy atom. The summed E-state index contributed by atoms with van der Waals surface area (Å²) in [5, 5.41) is 2.67. The molecule has 4 rings (SSSR count). The molecular formula is C21H23FN4O4S. The summed E-state index contributed by atoms with van der Waals surface area (Å²) in [5.74, 6) is -0.840. The summed E-state index contributed by atoms with van der Waals surface area (Å²) in [5.41, 5.74) is 1.17. The van der Waals surface area contributed by atoms with E-state index in [9.17, 15) is 17.6 Å².